The summed E-state index contributed by atoms with van der Waals surface area (Å²) in [4.78, 5) is 84.8. The third-order valence-corrected chi connectivity index (χ3v) is 15.3. The summed E-state index contributed by atoms with van der Waals surface area (Å²) in [6.07, 6.45) is 7.39. The minimum atomic E-state index is -2.47. The zero-order valence-corrected chi connectivity index (χ0v) is 44.8. The standard InChI is InChI=1S/C55H85NO17/c1-32-16-12-11-13-17-33(2)45(67-8)28-41-21-19-38(7)55(66,73-41)51(62)52(63)56-23-15-14-18-42(56)53(64)71-46(29-43(59)34(3)25-37(6)49(61)50(69-10)48(60)36(5)24-32)35(4)26-39-20-22-44(47(27-39)68-9)72-54(65)70-31-40(58)30-57/h11-13,16-17,25,32,34-36,38-42,44-47,49-50,57-58,61,66H,14-15,18-24,26-31H2,1-10H3/b13-11+,16-12+,33-17+,37-25+/t32-,34-,35-,36-,38-,39+,40+,41+,42+,44-,45+,46+,47-,49-,50+,55-/m1/s1. The van der Waals surface area contributed by atoms with Crippen LogP contribution in [0.2, 0.25) is 0 Å². The predicted molar refractivity (Wildman–Crippen MR) is 268 cm³/mol. The lowest BCUT2D eigenvalue weighted by Gasteiger charge is -2.42. The highest BCUT2D eigenvalue weighted by Gasteiger charge is 2.53. The highest BCUT2D eigenvalue weighted by molar-refractivity contribution is 6.39. The number of ketones is 3. The first kappa shape index (κ1) is 61.4. The van der Waals surface area contributed by atoms with E-state index in [2.05, 4.69) is 0 Å². The van der Waals surface area contributed by atoms with Crippen LogP contribution in [0.3, 0.4) is 0 Å². The topological polar surface area (TPSA) is 251 Å². The fourth-order valence-corrected chi connectivity index (χ4v) is 10.6. The molecule has 2 bridgehead atoms. The molecule has 18 heteroatoms. The summed E-state index contributed by atoms with van der Waals surface area (Å²) >= 11 is 0. The second-order valence-electron chi connectivity index (χ2n) is 21.1. The lowest BCUT2D eigenvalue weighted by Crippen LogP contribution is -2.61. The normalized spacial score (nSPS) is 37.6. The van der Waals surface area contributed by atoms with Gasteiger partial charge in [-0.1, -0.05) is 71.1 Å². The van der Waals surface area contributed by atoms with Gasteiger partial charge in [-0.05, 0) is 107 Å². The average Bonchev–Trinajstić information content (AvgIpc) is 3.37. The summed E-state index contributed by atoms with van der Waals surface area (Å²) in [7, 11) is 4.41. The number of aliphatic hydroxyl groups is 4. The highest BCUT2D eigenvalue weighted by atomic mass is 16.7. The van der Waals surface area contributed by atoms with Gasteiger partial charge in [-0.15, -0.1) is 0 Å². The molecule has 0 aromatic heterocycles. The minimum absolute atomic E-state index is 0.00856. The number of allylic oxidation sites excluding steroid dienone is 6. The van der Waals surface area contributed by atoms with Crippen LogP contribution in [0.25, 0.3) is 0 Å². The smallest absolute Gasteiger partial charge is 0.460 e. The Bertz CT molecular complexity index is 1980. The Morgan fingerprint density at radius 3 is 2.27 bits per heavy atom. The van der Waals surface area contributed by atoms with Gasteiger partial charge in [-0.2, -0.15) is 0 Å². The quantitative estimate of drug-likeness (QED) is 0.116. The summed E-state index contributed by atoms with van der Waals surface area (Å²) in [5.41, 5.74) is 1.21. The van der Waals surface area contributed by atoms with Crippen molar-refractivity contribution in [3.8, 4) is 0 Å². The van der Waals surface area contributed by atoms with Crippen molar-refractivity contribution in [2.45, 2.75) is 186 Å². The predicted octanol–water partition coefficient (Wildman–Crippen LogP) is 5.69. The Morgan fingerprint density at radius 2 is 1.60 bits per heavy atom. The Morgan fingerprint density at radius 1 is 0.877 bits per heavy atom. The summed E-state index contributed by atoms with van der Waals surface area (Å²) in [5, 5.41) is 42.2. The third-order valence-electron chi connectivity index (χ3n) is 15.3. The van der Waals surface area contributed by atoms with Crippen LogP contribution in [0.15, 0.2) is 47.6 Å². The minimum Gasteiger partial charge on any atom is -0.460 e. The number of piperidine rings is 1. The van der Waals surface area contributed by atoms with Crippen LogP contribution in [0.1, 0.15) is 126 Å². The van der Waals surface area contributed by atoms with Crippen molar-refractivity contribution in [2.75, 3.05) is 41.1 Å². The van der Waals surface area contributed by atoms with Gasteiger partial charge < -0.3 is 58.5 Å². The van der Waals surface area contributed by atoms with Crippen molar-refractivity contribution in [3.05, 3.63) is 47.6 Å². The van der Waals surface area contributed by atoms with Crippen LogP contribution in [0.5, 0.6) is 0 Å². The van der Waals surface area contributed by atoms with Gasteiger partial charge in [0.15, 0.2) is 5.78 Å². The van der Waals surface area contributed by atoms with E-state index in [1.807, 2.05) is 51.2 Å². The molecule has 1 amide bonds. The van der Waals surface area contributed by atoms with Crippen LogP contribution >= 0.6 is 0 Å². The molecule has 3 fully saturated rings. The number of aliphatic hydroxyl groups excluding tert-OH is 3. The van der Waals surface area contributed by atoms with Gasteiger partial charge in [0.05, 0.1) is 24.9 Å². The van der Waals surface area contributed by atoms with Crippen molar-refractivity contribution in [1.29, 1.82) is 0 Å². The fraction of sp³-hybridized carbons (Fsp3) is 0.745. The summed E-state index contributed by atoms with van der Waals surface area (Å²) in [5.74, 6) is -8.66. The molecule has 0 aromatic carbocycles. The van der Waals surface area contributed by atoms with Crippen molar-refractivity contribution >= 4 is 35.4 Å². The number of hydrogen-bond acceptors (Lipinski definition) is 17. The van der Waals surface area contributed by atoms with Gasteiger partial charge in [0, 0.05) is 58.5 Å². The molecule has 1 aliphatic carbocycles. The van der Waals surface area contributed by atoms with Gasteiger partial charge in [0.1, 0.15) is 49.0 Å². The number of carbonyl (C=O) groups excluding carboxylic acids is 6. The number of nitrogens with zero attached hydrogens (tertiary/aromatic N) is 1. The lowest BCUT2D eigenvalue weighted by atomic mass is 9.78. The summed E-state index contributed by atoms with van der Waals surface area (Å²) < 4.78 is 40.0. The maximum atomic E-state index is 14.5. The molecule has 0 spiro atoms. The first-order valence-electron chi connectivity index (χ1n) is 26.2. The number of ether oxygens (including phenoxy) is 7. The molecule has 73 heavy (non-hydrogen) atoms. The average molecular weight is 1030 g/mol. The number of methoxy groups -OCH3 is 3. The zero-order valence-electron chi connectivity index (χ0n) is 44.8. The molecule has 0 aromatic rings. The molecule has 16 atom stereocenters. The molecule has 412 valence electrons. The van der Waals surface area contributed by atoms with E-state index in [-0.39, 0.29) is 49.2 Å². The highest BCUT2D eigenvalue weighted by Crippen LogP contribution is 2.38. The van der Waals surface area contributed by atoms with Crippen LogP contribution in [0, 0.1) is 35.5 Å². The maximum Gasteiger partial charge on any atom is 0.508 e. The number of Topliss-reactive ketones (excluding diaryl/α,β-unsaturated/α-hetero) is 3. The number of fused-ring (bicyclic) bond motifs is 3. The summed E-state index contributed by atoms with van der Waals surface area (Å²) in [6, 6.07) is -1.20. The molecule has 3 heterocycles. The lowest BCUT2D eigenvalue weighted by molar-refractivity contribution is -0.265. The van der Waals surface area contributed by atoms with Crippen LogP contribution < -0.4 is 0 Å². The molecule has 0 radical (unpaired) electrons. The van der Waals surface area contributed by atoms with Crippen molar-refractivity contribution in [2.24, 2.45) is 35.5 Å². The zero-order chi connectivity index (χ0) is 54.2. The van der Waals surface area contributed by atoms with Gasteiger partial charge in [0.25, 0.3) is 11.7 Å². The van der Waals surface area contributed by atoms with Crippen LogP contribution in [-0.4, -0.2) is 162 Å². The molecular formula is C55H85NO17. The molecule has 4 rings (SSSR count). The fourth-order valence-electron chi connectivity index (χ4n) is 10.6. The molecule has 1 saturated carbocycles. The maximum absolute atomic E-state index is 14.5. The number of esters is 1. The SMILES string of the molecule is CO[C@H]1C[C@@H]2CC[C@@H](C)[C@@](O)(O2)C(=O)C(=O)N2CCCC[C@H]2C(=O)O[C@H]([C@H](C)C[C@@H]2CC[C@@H](OC(=O)OC[C@@H](O)CO)[C@H](OC)C2)CC(=O)[C@H](C)/C=C(\C)[C@@H](O)[C@@H](OC)C(=O)[C@H](C)C[C@H](C)/C=C/C=C/C=C/1C. The number of carbonyl (C=O) groups is 6. The summed E-state index contributed by atoms with van der Waals surface area (Å²) in [6.45, 7) is 11.5. The van der Waals surface area contributed by atoms with Gasteiger partial charge in [-0.25, -0.2) is 9.59 Å². The Hall–Kier alpha value is -4.14. The molecular weight excluding hydrogens is 947 g/mol. The Labute approximate surface area is 431 Å². The van der Waals surface area contributed by atoms with E-state index in [0.717, 1.165) is 10.5 Å². The molecule has 4 N–H and O–H groups in total. The van der Waals surface area contributed by atoms with Gasteiger partial charge in [-0.3, -0.25) is 19.2 Å². The van der Waals surface area contributed by atoms with Crippen molar-refractivity contribution in [1.82, 2.24) is 4.90 Å². The molecule has 3 aliphatic heterocycles. The van der Waals surface area contributed by atoms with Crippen LogP contribution in [0.4, 0.5) is 4.79 Å². The first-order chi connectivity index (χ1) is 34.6. The van der Waals surface area contributed by atoms with E-state index in [1.54, 1.807) is 40.9 Å². The molecule has 4 aliphatic rings. The Kier molecular flexibility index (Phi) is 24.6. The van der Waals surface area contributed by atoms with E-state index in [9.17, 15) is 44.1 Å². The first-order valence-corrected chi connectivity index (χ1v) is 26.2. The number of cyclic esters (lactones) is 1. The van der Waals surface area contributed by atoms with Crippen molar-refractivity contribution < 1.29 is 82.4 Å². The van der Waals surface area contributed by atoms with Crippen LogP contribution in [-0.2, 0) is 57.1 Å². The van der Waals surface area contributed by atoms with E-state index >= 15 is 0 Å². The second-order valence-corrected chi connectivity index (χ2v) is 21.1. The van der Waals surface area contributed by atoms with Gasteiger partial charge in [0.2, 0.25) is 5.79 Å². The Balaban J connectivity index is 1.67. The molecule has 18 nitrogen and oxygen atoms in total. The number of rotatable bonds is 10. The third kappa shape index (κ3) is 17.2. The van der Waals surface area contributed by atoms with E-state index < -0.39 is 121 Å². The van der Waals surface area contributed by atoms with Crippen molar-refractivity contribution in [3.63, 3.8) is 0 Å². The number of amides is 1. The van der Waals surface area contributed by atoms with Gasteiger partial charge >= 0.3 is 12.1 Å². The van der Waals surface area contributed by atoms with E-state index in [0.29, 0.717) is 63.4 Å². The second kappa shape index (κ2) is 29.2. The molecule has 2 saturated heterocycles. The largest absolute Gasteiger partial charge is 0.508 e. The van der Waals surface area contributed by atoms with E-state index in [4.69, 9.17) is 38.3 Å². The monoisotopic (exact) mass is 1030 g/mol. The molecule has 0 unspecified atom stereocenters. The van der Waals surface area contributed by atoms with E-state index in [1.165, 1.54) is 14.2 Å². The number of hydrogen-bond donors (Lipinski definition) is 4.